The monoisotopic (exact) mass is 401 g/mol. The zero-order valence-corrected chi connectivity index (χ0v) is 17.3. The van der Waals surface area contributed by atoms with E-state index in [0.717, 1.165) is 22.6 Å². The van der Waals surface area contributed by atoms with Crippen LogP contribution >= 0.6 is 11.8 Å². The Morgan fingerprint density at radius 2 is 1.71 bits per heavy atom. The number of carbonyl (C=O) groups excluding carboxylic acids is 2. The summed E-state index contributed by atoms with van der Waals surface area (Å²) in [7, 11) is 1.61. The van der Waals surface area contributed by atoms with Gasteiger partial charge in [0.15, 0.2) is 6.61 Å². The number of carbonyl (C=O) groups is 2. The van der Waals surface area contributed by atoms with Crippen LogP contribution in [0.4, 0.5) is 0 Å². The summed E-state index contributed by atoms with van der Waals surface area (Å²) in [6.07, 6.45) is 0.816. The zero-order chi connectivity index (χ0) is 20.4. The van der Waals surface area contributed by atoms with Crippen molar-refractivity contribution < 1.29 is 19.1 Å². The third-order valence-electron chi connectivity index (χ3n) is 4.02. The number of nitrogens with one attached hydrogen (secondary N) is 1. The molecule has 0 aromatic heterocycles. The first-order valence-corrected chi connectivity index (χ1v) is 10.2. The molecular formula is C22H27NO4S. The van der Waals surface area contributed by atoms with Crippen LogP contribution in [0.25, 0.3) is 0 Å². The molecule has 0 bridgehead atoms. The van der Waals surface area contributed by atoms with Gasteiger partial charge in [0.25, 0.3) is 5.91 Å². The fourth-order valence-electron chi connectivity index (χ4n) is 2.67. The molecule has 0 aliphatic carbocycles. The minimum absolute atomic E-state index is 0.0962. The molecule has 5 nitrogen and oxygen atoms in total. The van der Waals surface area contributed by atoms with Crippen molar-refractivity contribution in [3.8, 4) is 5.75 Å². The molecular weight excluding hydrogens is 374 g/mol. The van der Waals surface area contributed by atoms with E-state index in [4.69, 9.17) is 9.47 Å². The van der Waals surface area contributed by atoms with E-state index in [1.54, 1.807) is 7.11 Å². The van der Waals surface area contributed by atoms with Crippen LogP contribution in [0.5, 0.6) is 5.75 Å². The average molecular weight is 402 g/mol. The van der Waals surface area contributed by atoms with Gasteiger partial charge in [0.1, 0.15) is 5.75 Å². The van der Waals surface area contributed by atoms with Gasteiger partial charge in [-0.25, -0.2) is 0 Å². The van der Waals surface area contributed by atoms with E-state index in [9.17, 15) is 9.59 Å². The highest BCUT2D eigenvalue weighted by atomic mass is 32.2. The van der Waals surface area contributed by atoms with Gasteiger partial charge in [-0.2, -0.15) is 0 Å². The number of hydrogen-bond donors (Lipinski definition) is 1. The first-order chi connectivity index (χ1) is 13.5. The minimum Gasteiger partial charge on any atom is -0.497 e. The van der Waals surface area contributed by atoms with Crippen molar-refractivity contribution >= 4 is 23.6 Å². The summed E-state index contributed by atoms with van der Waals surface area (Å²) in [5, 5.41) is 2.97. The summed E-state index contributed by atoms with van der Waals surface area (Å²) >= 11 is 1.36. The topological polar surface area (TPSA) is 64.6 Å². The lowest BCUT2D eigenvalue weighted by Crippen LogP contribution is -2.33. The molecule has 150 valence electrons. The summed E-state index contributed by atoms with van der Waals surface area (Å²) < 4.78 is 10.2. The molecule has 1 atom stereocenters. The fourth-order valence-corrected chi connectivity index (χ4v) is 3.37. The van der Waals surface area contributed by atoms with Crippen LogP contribution in [0.2, 0.25) is 0 Å². The Labute approximate surface area is 170 Å². The van der Waals surface area contributed by atoms with Gasteiger partial charge in [-0.3, -0.25) is 9.59 Å². The number of hydrogen-bond acceptors (Lipinski definition) is 5. The molecule has 0 saturated carbocycles. The van der Waals surface area contributed by atoms with E-state index >= 15 is 0 Å². The maximum atomic E-state index is 12.2. The van der Waals surface area contributed by atoms with Crippen LogP contribution in [-0.4, -0.2) is 31.3 Å². The fraction of sp³-hybridized carbons (Fsp3) is 0.364. The first kappa shape index (κ1) is 21.8. The van der Waals surface area contributed by atoms with E-state index in [2.05, 4.69) is 19.2 Å². The van der Waals surface area contributed by atoms with E-state index < -0.39 is 5.97 Å². The highest BCUT2D eigenvalue weighted by molar-refractivity contribution is 8.00. The van der Waals surface area contributed by atoms with E-state index in [-0.39, 0.29) is 24.3 Å². The predicted molar refractivity (Wildman–Crippen MR) is 111 cm³/mol. The van der Waals surface area contributed by atoms with E-state index in [1.165, 1.54) is 11.8 Å². The summed E-state index contributed by atoms with van der Waals surface area (Å²) in [5.41, 5.74) is 1.05. The smallest absolute Gasteiger partial charge is 0.316 e. The predicted octanol–water partition coefficient (Wildman–Crippen LogP) is 4.23. The van der Waals surface area contributed by atoms with Crippen LogP contribution in [0, 0.1) is 5.92 Å². The standard InChI is InChI=1S/C22H27NO4S/c1-16(2)13-20(17-7-5-4-6-8-17)23-21(24)14-27-22(25)15-28-19-11-9-18(26-3)10-12-19/h4-12,16,20H,13-15H2,1-3H3,(H,23,24)/t20-/m1/s1. The molecule has 2 aromatic carbocycles. The van der Waals surface area contributed by atoms with Gasteiger partial charge in [0.2, 0.25) is 0 Å². The number of rotatable bonds is 10. The Morgan fingerprint density at radius 1 is 1.04 bits per heavy atom. The number of benzene rings is 2. The Kier molecular flexibility index (Phi) is 8.88. The third-order valence-corrected chi connectivity index (χ3v) is 5.01. The quantitative estimate of drug-likeness (QED) is 0.477. The Hall–Kier alpha value is -2.47. The first-order valence-electron chi connectivity index (χ1n) is 9.24. The SMILES string of the molecule is COc1ccc(SCC(=O)OCC(=O)N[C@H](CC(C)C)c2ccccc2)cc1. The van der Waals surface area contributed by atoms with Crippen molar-refractivity contribution in [2.45, 2.75) is 31.2 Å². The molecule has 0 saturated heterocycles. The van der Waals surface area contributed by atoms with Crippen LogP contribution in [-0.2, 0) is 14.3 Å². The second-order valence-corrected chi connectivity index (χ2v) is 7.83. The Morgan fingerprint density at radius 3 is 2.32 bits per heavy atom. The summed E-state index contributed by atoms with van der Waals surface area (Å²) in [6.45, 7) is 3.94. The van der Waals surface area contributed by atoms with Gasteiger partial charge in [-0.15, -0.1) is 11.8 Å². The van der Waals surface area contributed by atoms with Gasteiger partial charge in [-0.05, 0) is 42.2 Å². The lowest BCUT2D eigenvalue weighted by atomic mass is 9.97. The number of ether oxygens (including phenoxy) is 2. The normalized spacial score (nSPS) is 11.7. The maximum Gasteiger partial charge on any atom is 0.316 e. The highest BCUT2D eigenvalue weighted by Gasteiger charge is 2.17. The highest BCUT2D eigenvalue weighted by Crippen LogP contribution is 2.22. The average Bonchev–Trinajstić information content (AvgIpc) is 2.71. The second kappa shape index (κ2) is 11.4. The minimum atomic E-state index is -0.420. The second-order valence-electron chi connectivity index (χ2n) is 6.79. The summed E-state index contributed by atoms with van der Waals surface area (Å²) in [4.78, 5) is 25.1. The van der Waals surface area contributed by atoms with Crippen molar-refractivity contribution in [1.82, 2.24) is 5.32 Å². The van der Waals surface area contributed by atoms with Gasteiger partial charge in [0, 0.05) is 4.90 Å². The van der Waals surface area contributed by atoms with Crippen molar-refractivity contribution in [3.05, 3.63) is 60.2 Å². The van der Waals surface area contributed by atoms with E-state index in [0.29, 0.717) is 5.92 Å². The third kappa shape index (κ3) is 7.64. The van der Waals surface area contributed by atoms with Gasteiger partial charge >= 0.3 is 5.97 Å². The molecule has 0 fully saturated rings. The molecule has 1 amide bonds. The molecule has 0 spiro atoms. The lowest BCUT2D eigenvalue weighted by Gasteiger charge is -2.21. The molecule has 0 heterocycles. The number of methoxy groups -OCH3 is 1. The Balaban J connectivity index is 1.78. The van der Waals surface area contributed by atoms with Crippen LogP contribution in [0.15, 0.2) is 59.5 Å². The summed E-state index contributed by atoms with van der Waals surface area (Å²) in [5.74, 6) is 0.619. The van der Waals surface area contributed by atoms with Gasteiger partial charge < -0.3 is 14.8 Å². The van der Waals surface area contributed by atoms with Crippen molar-refractivity contribution in [2.24, 2.45) is 5.92 Å². The summed E-state index contributed by atoms with van der Waals surface area (Å²) in [6, 6.07) is 17.1. The molecule has 6 heteroatoms. The van der Waals surface area contributed by atoms with Crippen molar-refractivity contribution in [3.63, 3.8) is 0 Å². The number of thioether (sulfide) groups is 1. The molecule has 0 aliphatic rings. The maximum absolute atomic E-state index is 12.2. The molecule has 2 aromatic rings. The number of amides is 1. The van der Waals surface area contributed by atoms with Gasteiger partial charge in [0.05, 0.1) is 18.9 Å². The Bertz CT molecular complexity index is 747. The lowest BCUT2D eigenvalue weighted by molar-refractivity contribution is -0.146. The van der Waals surface area contributed by atoms with Crippen molar-refractivity contribution in [1.29, 1.82) is 0 Å². The van der Waals surface area contributed by atoms with Crippen molar-refractivity contribution in [2.75, 3.05) is 19.5 Å². The van der Waals surface area contributed by atoms with Gasteiger partial charge in [-0.1, -0.05) is 44.2 Å². The molecule has 2 rings (SSSR count). The molecule has 0 aliphatic heterocycles. The zero-order valence-electron chi connectivity index (χ0n) is 16.5. The van der Waals surface area contributed by atoms with E-state index in [1.807, 2.05) is 54.6 Å². The largest absolute Gasteiger partial charge is 0.497 e. The van der Waals surface area contributed by atoms with Crippen LogP contribution in [0.3, 0.4) is 0 Å². The van der Waals surface area contributed by atoms with Crippen LogP contribution < -0.4 is 10.1 Å². The molecule has 28 heavy (non-hydrogen) atoms. The van der Waals surface area contributed by atoms with Crippen LogP contribution in [0.1, 0.15) is 31.9 Å². The molecule has 0 radical (unpaired) electrons. The molecule has 0 unspecified atom stereocenters. The molecule has 1 N–H and O–H groups in total. The number of esters is 1.